The molecule has 1 nitrogen and oxygen atoms in total. The number of aromatic nitrogens is 1. The first-order valence-electron chi connectivity index (χ1n) is 8.76. The van der Waals surface area contributed by atoms with Crippen LogP contribution in [0.5, 0.6) is 0 Å². The normalized spacial score (nSPS) is 11.3. The van der Waals surface area contributed by atoms with Crippen molar-refractivity contribution in [3.8, 4) is 16.8 Å². The molecule has 1 heterocycles. The van der Waals surface area contributed by atoms with Gasteiger partial charge < -0.3 is 4.57 Å². The fourth-order valence-corrected chi connectivity index (χ4v) is 4.40. The summed E-state index contributed by atoms with van der Waals surface area (Å²) in [6.45, 7) is 0. The van der Waals surface area contributed by atoms with Gasteiger partial charge in [-0.2, -0.15) is 0 Å². The van der Waals surface area contributed by atoms with Crippen molar-refractivity contribution in [1.29, 1.82) is 0 Å². The Balaban J connectivity index is 1.84. The monoisotopic (exact) mass is 475 g/mol. The minimum absolute atomic E-state index is 1.08. The molecule has 5 aromatic rings. The molecule has 0 aliphatic heterocycles. The fraction of sp³-hybridized carbons (Fsp3) is 0. The number of benzene rings is 4. The van der Waals surface area contributed by atoms with E-state index in [1.807, 2.05) is 0 Å². The van der Waals surface area contributed by atoms with Crippen LogP contribution in [0.4, 0.5) is 0 Å². The molecule has 0 bridgehead atoms. The lowest BCUT2D eigenvalue weighted by Gasteiger charge is -2.10. The van der Waals surface area contributed by atoms with Gasteiger partial charge in [-0.05, 0) is 47.5 Å². The smallest absolute Gasteiger partial charge is 0.0552 e. The second kappa shape index (κ2) is 6.66. The van der Waals surface area contributed by atoms with Gasteiger partial charge in [-0.3, -0.25) is 0 Å². The summed E-state index contributed by atoms with van der Waals surface area (Å²) < 4.78 is 4.50. The van der Waals surface area contributed by atoms with E-state index in [9.17, 15) is 0 Å². The van der Waals surface area contributed by atoms with Gasteiger partial charge >= 0.3 is 0 Å². The molecule has 27 heavy (non-hydrogen) atoms. The van der Waals surface area contributed by atoms with Crippen molar-refractivity contribution in [1.82, 2.24) is 4.57 Å². The van der Waals surface area contributed by atoms with E-state index in [1.165, 1.54) is 32.9 Å². The van der Waals surface area contributed by atoms with Crippen LogP contribution in [0.15, 0.2) is 99.9 Å². The quantitative estimate of drug-likeness (QED) is 0.243. The van der Waals surface area contributed by atoms with E-state index < -0.39 is 0 Å². The summed E-state index contributed by atoms with van der Waals surface area (Å²) in [6.07, 6.45) is 0. The van der Waals surface area contributed by atoms with E-state index in [-0.39, 0.29) is 0 Å². The largest absolute Gasteiger partial charge is 0.309 e. The highest BCUT2D eigenvalue weighted by Gasteiger charge is 2.13. The Kier molecular flexibility index (Phi) is 4.14. The molecule has 0 aliphatic carbocycles. The second-order valence-corrected chi connectivity index (χ2v) is 8.41. The van der Waals surface area contributed by atoms with E-state index in [2.05, 4.69) is 127 Å². The van der Waals surface area contributed by atoms with E-state index >= 15 is 0 Å². The van der Waals surface area contributed by atoms with Gasteiger partial charge in [0.05, 0.1) is 11.0 Å². The van der Waals surface area contributed by atoms with Gasteiger partial charge in [0.15, 0.2) is 0 Å². The maximum atomic E-state index is 3.64. The number of hydrogen-bond acceptors (Lipinski definition) is 0. The van der Waals surface area contributed by atoms with Crippen LogP contribution in [0, 0.1) is 0 Å². The zero-order valence-corrected chi connectivity index (χ0v) is 17.5. The van der Waals surface area contributed by atoms with Crippen molar-refractivity contribution in [3.05, 3.63) is 99.9 Å². The molecule has 0 saturated heterocycles. The molecule has 0 N–H and O–H groups in total. The Morgan fingerprint density at radius 1 is 0.519 bits per heavy atom. The maximum Gasteiger partial charge on any atom is 0.0552 e. The number of hydrogen-bond donors (Lipinski definition) is 0. The highest BCUT2D eigenvalue weighted by molar-refractivity contribution is 9.10. The summed E-state index contributed by atoms with van der Waals surface area (Å²) in [4.78, 5) is 0. The zero-order chi connectivity index (χ0) is 18.4. The second-order valence-electron chi connectivity index (χ2n) is 6.57. The molecule has 0 aliphatic rings. The van der Waals surface area contributed by atoms with Crippen LogP contribution < -0.4 is 0 Å². The summed E-state index contributed by atoms with van der Waals surface area (Å²) in [5.41, 5.74) is 5.99. The molecule has 0 atom stereocenters. The average molecular weight is 477 g/mol. The van der Waals surface area contributed by atoms with Crippen LogP contribution in [-0.2, 0) is 0 Å². The first-order chi connectivity index (χ1) is 13.2. The third kappa shape index (κ3) is 2.91. The Hall–Kier alpha value is -2.36. The summed E-state index contributed by atoms with van der Waals surface area (Å²) in [7, 11) is 0. The lowest BCUT2D eigenvalue weighted by Crippen LogP contribution is -1.94. The summed E-state index contributed by atoms with van der Waals surface area (Å²) in [6, 6.07) is 32.2. The van der Waals surface area contributed by atoms with Gasteiger partial charge in [-0.25, -0.2) is 0 Å². The Bertz CT molecular complexity index is 1230. The minimum Gasteiger partial charge on any atom is -0.309 e. The van der Waals surface area contributed by atoms with Gasteiger partial charge in [0.1, 0.15) is 0 Å². The zero-order valence-electron chi connectivity index (χ0n) is 14.4. The van der Waals surface area contributed by atoms with Crippen molar-refractivity contribution in [2.24, 2.45) is 0 Å². The van der Waals surface area contributed by atoms with E-state index in [4.69, 9.17) is 0 Å². The molecular weight excluding hydrogens is 462 g/mol. The van der Waals surface area contributed by atoms with Gasteiger partial charge in [0, 0.05) is 25.4 Å². The highest BCUT2D eigenvalue weighted by atomic mass is 79.9. The number of rotatable bonds is 2. The van der Waals surface area contributed by atoms with Gasteiger partial charge in [-0.1, -0.05) is 86.5 Å². The topological polar surface area (TPSA) is 4.93 Å². The minimum atomic E-state index is 1.08. The molecule has 0 unspecified atom stereocenters. The highest BCUT2D eigenvalue weighted by Crippen LogP contribution is 2.35. The number of nitrogens with zero attached hydrogens (tertiary/aromatic N) is 1. The Morgan fingerprint density at radius 2 is 1.11 bits per heavy atom. The van der Waals surface area contributed by atoms with Crippen molar-refractivity contribution in [2.75, 3.05) is 0 Å². The first kappa shape index (κ1) is 16.8. The molecule has 0 amide bonds. The lowest BCUT2D eigenvalue weighted by atomic mass is 10.1. The predicted molar refractivity (Wildman–Crippen MR) is 122 cm³/mol. The van der Waals surface area contributed by atoms with E-state index in [0.29, 0.717) is 0 Å². The van der Waals surface area contributed by atoms with Crippen molar-refractivity contribution in [2.45, 2.75) is 0 Å². The van der Waals surface area contributed by atoms with E-state index in [1.54, 1.807) is 0 Å². The number of fused-ring (bicyclic) bond motifs is 3. The molecule has 4 aromatic carbocycles. The van der Waals surface area contributed by atoms with Crippen LogP contribution in [0.1, 0.15) is 0 Å². The van der Waals surface area contributed by atoms with Crippen LogP contribution in [0.2, 0.25) is 0 Å². The molecule has 0 spiro atoms. The molecule has 5 rings (SSSR count). The van der Waals surface area contributed by atoms with Gasteiger partial charge in [-0.15, -0.1) is 0 Å². The van der Waals surface area contributed by atoms with Crippen molar-refractivity contribution >= 4 is 53.7 Å². The van der Waals surface area contributed by atoms with Gasteiger partial charge in [0.25, 0.3) is 0 Å². The molecule has 130 valence electrons. The Morgan fingerprint density at radius 3 is 1.74 bits per heavy atom. The molecule has 0 fully saturated rings. The fourth-order valence-electron chi connectivity index (χ4n) is 3.70. The van der Waals surface area contributed by atoms with Crippen LogP contribution in [-0.4, -0.2) is 4.57 Å². The molecule has 0 radical (unpaired) electrons. The van der Waals surface area contributed by atoms with Crippen LogP contribution in [0.25, 0.3) is 38.6 Å². The molecule has 3 heteroatoms. The number of halogens is 2. The van der Waals surface area contributed by atoms with Crippen LogP contribution in [0.3, 0.4) is 0 Å². The SMILES string of the molecule is Brc1ccc2c3ccc(Br)cc3n(-c3cccc(-c4ccccc4)c3)c2c1. The third-order valence-electron chi connectivity index (χ3n) is 4.90. The predicted octanol–water partition coefficient (Wildman–Crippen LogP) is 7.98. The summed E-state index contributed by atoms with van der Waals surface area (Å²) in [5.74, 6) is 0. The third-order valence-corrected chi connectivity index (χ3v) is 5.89. The van der Waals surface area contributed by atoms with Crippen molar-refractivity contribution in [3.63, 3.8) is 0 Å². The first-order valence-corrected chi connectivity index (χ1v) is 10.3. The molecule has 1 aromatic heterocycles. The maximum absolute atomic E-state index is 3.64. The summed E-state index contributed by atoms with van der Waals surface area (Å²) in [5, 5.41) is 2.51. The van der Waals surface area contributed by atoms with Crippen LogP contribution >= 0.6 is 31.9 Å². The molecular formula is C24H15Br2N. The summed E-state index contributed by atoms with van der Waals surface area (Å²) >= 11 is 7.28. The standard InChI is InChI=1S/C24H15Br2N/c25-18-9-11-21-22-12-10-19(26)15-24(22)27(23(21)14-18)20-8-4-7-17(13-20)16-5-2-1-3-6-16/h1-15H. The lowest BCUT2D eigenvalue weighted by molar-refractivity contribution is 1.18. The van der Waals surface area contributed by atoms with Gasteiger partial charge in [0.2, 0.25) is 0 Å². The van der Waals surface area contributed by atoms with Crippen molar-refractivity contribution < 1.29 is 0 Å². The van der Waals surface area contributed by atoms with E-state index in [0.717, 1.165) is 14.6 Å². The Labute approximate surface area is 174 Å². The molecule has 0 saturated carbocycles. The average Bonchev–Trinajstić information content (AvgIpc) is 3.01.